The third kappa shape index (κ3) is 4.81. The van der Waals surface area contributed by atoms with Crippen LogP contribution in [0.15, 0.2) is 47.4 Å². The molecule has 14 heteroatoms. The molecule has 0 saturated carbocycles. The molecule has 0 atom stereocenters. The lowest BCUT2D eigenvalue weighted by atomic mass is 10.3. The number of hydrogen-bond acceptors (Lipinski definition) is 8. The van der Waals surface area contributed by atoms with Crippen LogP contribution in [0.5, 0.6) is 0 Å². The van der Waals surface area contributed by atoms with Gasteiger partial charge < -0.3 is 10.1 Å². The van der Waals surface area contributed by atoms with Crippen molar-refractivity contribution in [1.29, 1.82) is 0 Å². The van der Waals surface area contributed by atoms with Crippen LogP contribution in [-0.4, -0.2) is 42.5 Å². The third-order valence-corrected chi connectivity index (χ3v) is 5.78. The van der Waals surface area contributed by atoms with Crippen molar-refractivity contribution in [3.63, 3.8) is 0 Å². The largest absolute Gasteiger partial charge is 0.457 e. The molecule has 0 aliphatic carbocycles. The fourth-order valence-electron chi connectivity index (χ4n) is 2.89. The fourth-order valence-corrected chi connectivity index (χ4v) is 3.88. The van der Waals surface area contributed by atoms with Crippen molar-refractivity contribution in [3.05, 3.63) is 58.4 Å². The van der Waals surface area contributed by atoms with E-state index >= 15 is 0 Å². The van der Waals surface area contributed by atoms with Crippen LogP contribution in [0.1, 0.15) is 12.4 Å². The Hall–Kier alpha value is -3.65. The van der Waals surface area contributed by atoms with Crippen LogP contribution in [0.2, 0.25) is 0 Å². The quantitative estimate of drug-likeness (QED) is 0.276. The Labute approximate surface area is 180 Å². The number of rotatable bonds is 9. The molecule has 2 N–H and O–H groups in total. The average Bonchev–Trinajstić information content (AvgIpc) is 3.14. The van der Waals surface area contributed by atoms with Crippen LogP contribution < -0.4 is 10.0 Å². The summed E-state index contributed by atoms with van der Waals surface area (Å²) in [5.74, 6) is -1.27. The number of halogens is 2. The minimum Gasteiger partial charge on any atom is -0.457 e. The van der Waals surface area contributed by atoms with Crippen LogP contribution in [0.4, 0.5) is 20.2 Å². The number of esters is 1. The highest BCUT2D eigenvalue weighted by Crippen LogP contribution is 2.27. The van der Waals surface area contributed by atoms with Crippen molar-refractivity contribution in [3.8, 4) is 0 Å². The Morgan fingerprint density at radius 1 is 1.28 bits per heavy atom. The van der Waals surface area contributed by atoms with Gasteiger partial charge in [-0.25, -0.2) is 13.4 Å². The first-order chi connectivity index (χ1) is 15.1. The Kier molecular flexibility index (Phi) is 6.64. The van der Waals surface area contributed by atoms with E-state index in [2.05, 4.69) is 10.3 Å². The zero-order chi connectivity index (χ0) is 23.5. The van der Waals surface area contributed by atoms with E-state index in [4.69, 9.17) is 4.74 Å². The molecule has 3 rings (SSSR count). The smallest absolute Gasteiger partial charge is 0.321 e. The number of carbonyl (C=O) groups excluding carboxylic acids is 1. The first-order valence-corrected chi connectivity index (χ1v) is 10.5. The van der Waals surface area contributed by atoms with Crippen molar-refractivity contribution < 1.29 is 31.7 Å². The zero-order valence-electron chi connectivity index (χ0n) is 16.5. The summed E-state index contributed by atoms with van der Waals surface area (Å²) < 4.78 is 59.0. The predicted octanol–water partition coefficient (Wildman–Crippen LogP) is 2.40. The molecule has 1 heterocycles. The second-order valence-corrected chi connectivity index (χ2v) is 8.10. The van der Waals surface area contributed by atoms with Crippen LogP contribution in [-0.2, 0) is 26.2 Å². The van der Waals surface area contributed by atoms with Gasteiger partial charge in [-0.2, -0.15) is 13.5 Å². The topological polar surface area (TPSA) is 145 Å². The molecule has 0 radical (unpaired) electrons. The average molecular weight is 469 g/mol. The number of sulfonamides is 1. The summed E-state index contributed by atoms with van der Waals surface area (Å²) >= 11 is 0. The van der Waals surface area contributed by atoms with E-state index in [-0.39, 0.29) is 22.5 Å². The van der Waals surface area contributed by atoms with Gasteiger partial charge >= 0.3 is 12.5 Å². The number of nitrogens with one attached hydrogen (secondary N) is 2. The Morgan fingerprint density at radius 2 is 2.00 bits per heavy atom. The summed E-state index contributed by atoms with van der Waals surface area (Å²) in [5.41, 5.74) is 0.0751. The lowest BCUT2D eigenvalue weighted by Gasteiger charge is -2.10. The van der Waals surface area contributed by atoms with Gasteiger partial charge in [0, 0.05) is 13.1 Å². The lowest BCUT2D eigenvalue weighted by Crippen LogP contribution is -2.31. The van der Waals surface area contributed by atoms with Gasteiger partial charge in [0.25, 0.3) is 5.69 Å². The molecule has 170 valence electrons. The number of para-hydroxylation sites is 2. The molecular weight excluding hydrogens is 452 g/mol. The van der Waals surface area contributed by atoms with Crippen LogP contribution in [0, 0.1) is 10.1 Å². The number of anilines is 1. The monoisotopic (exact) mass is 469 g/mol. The number of nitro groups is 1. The molecule has 0 amide bonds. The van der Waals surface area contributed by atoms with E-state index < -0.39 is 51.2 Å². The van der Waals surface area contributed by atoms with Crippen molar-refractivity contribution >= 4 is 38.4 Å². The second kappa shape index (κ2) is 9.23. The summed E-state index contributed by atoms with van der Waals surface area (Å²) in [6, 6.07) is 9.30. The Morgan fingerprint density at radius 3 is 2.66 bits per heavy atom. The Balaban J connectivity index is 1.68. The van der Waals surface area contributed by atoms with E-state index in [1.165, 1.54) is 25.2 Å². The minimum absolute atomic E-state index is 0.107. The Bertz CT molecular complexity index is 1280. The molecular formula is C18H17F2N5O6S. The van der Waals surface area contributed by atoms with Crippen LogP contribution >= 0.6 is 0 Å². The van der Waals surface area contributed by atoms with Gasteiger partial charge in [-0.3, -0.25) is 19.5 Å². The van der Waals surface area contributed by atoms with Gasteiger partial charge in [0.05, 0.1) is 20.9 Å². The number of ether oxygens (including phenoxy) is 1. The van der Waals surface area contributed by atoms with E-state index in [1.807, 2.05) is 4.72 Å². The first-order valence-electron chi connectivity index (χ1n) is 8.99. The molecule has 0 spiro atoms. The van der Waals surface area contributed by atoms with Crippen molar-refractivity contribution in [1.82, 2.24) is 14.3 Å². The summed E-state index contributed by atoms with van der Waals surface area (Å²) in [5, 5.41) is 13.7. The van der Waals surface area contributed by atoms with E-state index in [9.17, 15) is 32.1 Å². The van der Waals surface area contributed by atoms with Crippen molar-refractivity contribution in [2.24, 2.45) is 0 Å². The molecule has 0 fully saturated rings. The van der Waals surface area contributed by atoms with Crippen molar-refractivity contribution in [2.75, 3.05) is 18.9 Å². The molecule has 3 aromatic rings. The number of hydrogen-bond donors (Lipinski definition) is 2. The van der Waals surface area contributed by atoms with Gasteiger partial charge in [0.2, 0.25) is 10.0 Å². The van der Waals surface area contributed by atoms with Gasteiger partial charge in [0.15, 0.2) is 5.82 Å². The predicted molar refractivity (Wildman–Crippen MR) is 109 cm³/mol. The highest BCUT2D eigenvalue weighted by Gasteiger charge is 2.23. The fraction of sp³-hybridized carbons (Fsp3) is 0.222. The number of alkyl halides is 2. The molecule has 11 nitrogen and oxygen atoms in total. The minimum atomic E-state index is -4.29. The molecule has 0 unspecified atom stereocenters. The van der Waals surface area contributed by atoms with Crippen LogP contribution in [0.3, 0.4) is 0 Å². The summed E-state index contributed by atoms with van der Waals surface area (Å²) in [6.45, 7) is -4.35. The molecule has 0 saturated heterocycles. The molecule has 0 aliphatic heterocycles. The van der Waals surface area contributed by atoms with Crippen LogP contribution in [0.25, 0.3) is 11.0 Å². The highest BCUT2D eigenvalue weighted by atomic mass is 32.2. The van der Waals surface area contributed by atoms with Crippen molar-refractivity contribution in [2.45, 2.75) is 18.1 Å². The third-order valence-electron chi connectivity index (χ3n) is 4.38. The van der Waals surface area contributed by atoms with Gasteiger partial charge in [-0.05, 0) is 24.3 Å². The maximum atomic E-state index is 13.4. The summed E-state index contributed by atoms with van der Waals surface area (Å²) in [4.78, 5) is 25.9. The summed E-state index contributed by atoms with van der Waals surface area (Å²) in [7, 11) is -2.85. The number of imidazole rings is 1. The maximum Gasteiger partial charge on any atom is 0.321 e. The van der Waals surface area contributed by atoms with E-state index in [1.54, 1.807) is 12.1 Å². The van der Waals surface area contributed by atoms with E-state index in [0.717, 1.165) is 12.1 Å². The van der Waals surface area contributed by atoms with Gasteiger partial charge in [-0.15, -0.1) is 0 Å². The van der Waals surface area contributed by atoms with Gasteiger partial charge in [-0.1, -0.05) is 12.1 Å². The maximum absolute atomic E-state index is 13.4. The number of carbonyl (C=O) groups is 1. The number of fused-ring (bicyclic) bond motifs is 1. The highest BCUT2D eigenvalue weighted by molar-refractivity contribution is 7.89. The summed E-state index contributed by atoms with van der Waals surface area (Å²) in [6.07, 6.45) is 0. The standard InChI is InChI=1S/C18H17F2N5O6S/c1-21-12-7-6-11(8-15(12)25(27)28)32(29,30)22-9-17(26)31-10-16-23-13-4-2-3-5-14(13)24(16)18(19)20/h2-8,18,21-22H,9-10H2,1H3. The SMILES string of the molecule is CNc1ccc(S(=O)(=O)NCC(=O)OCc2nc3ccccc3n2C(F)F)cc1[N+](=O)[O-]. The number of nitrogens with zero attached hydrogens (tertiary/aromatic N) is 3. The molecule has 1 aromatic heterocycles. The van der Waals surface area contributed by atoms with E-state index in [0.29, 0.717) is 4.57 Å². The molecule has 0 aliphatic rings. The van der Waals surface area contributed by atoms with Gasteiger partial charge in [0.1, 0.15) is 18.8 Å². The lowest BCUT2D eigenvalue weighted by molar-refractivity contribution is -0.384. The second-order valence-electron chi connectivity index (χ2n) is 6.34. The normalized spacial score (nSPS) is 11.6. The number of aromatic nitrogens is 2. The number of nitro benzene ring substituents is 1. The molecule has 2 aromatic carbocycles. The number of benzene rings is 2. The first kappa shape index (κ1) is 23.0. The zero-order valence-corrected chi connectivity index (χ0v) is 17.3. The molecule has 32 heavy (non-hydrogen) atoms. The molecule has 0 bridgehead atoms.